The summed E-state index contributed by atoms with van der Waals surface area (Å²) in [5, 5.41) is 27.1. The number of rotatable bonds is 8. The minimum atomic E-state index is -1.16. The molecular formula is C17H20O6. The minimum Gasteiger partial charge on any atom is -0.481 e. The molecule has 0 heterocycles. The van der Waals surface area contributed by atoms with Crippen molar-refractivity contribution in [3.8, 4) is 0 Å². The third-order valence-electron chi connectivity index (χ3n) is 3.66. The molecule has 3 N–H and O–H groups in total. The molecule has 0 saturated heterocycles. The molecule has 6 heteroatoms. The number of hydrogen-bond acceptors (Lipinski definition) is 3. The molecule has 1 aromatic rings. The number of hydrogen-bond donors (Lipinski definition) is 3. The maximum atomic E-state index is 11.4. The molecule has 6 nitrogen and oxygen atoms in total. The zero-order valence-electron chi connectivity index (χ0n) is 13.1. The van der Waals surface area contributed by atoms with Gasteiger partial charge in [0.15, 0.2) is 0 Å². The van der Waals surface area contributed by atoms with Gasteiger partial charge in [-0.15, -0.1) is 0 Å². The van der Waals surface area contributed by atoms with Gasteiger partial charge in [0.25, 0.3) is 0 Å². The van der Waals surface area contributed by atoms with Crippen LogP contribution in [0.2, 0.25) is 0 Å². The number of aliphatic carboxylic acids is 1. The van der Waals surface area contributed by atoms with Crippen LogP contribution in [0.5, 0.6) is 0 Å². The molecule has 1 aromatic carbocycles. The van der Waals surface area contributed by atoms with E-state index in [-0.39, 0.29) is 23.1 Å². The standard InChI is InChI=1S/C17H20O6/c1-10-12(7-5-3-4-6-8-14(18)19)9-13(16(20)21)11(2)15(10)17(22)23/h3,5,9H,4,6-8H2,1-2H3,(H,18,19)(H,20,21)(H,22,23)/b5-3-. The fourth-order valence-corrected chi connectivity index (χ4v) is 2.42. The van der Waals surface area contributed by atoms with Crippen LogP contribution in [-0.2, 0) is 11.2 Å². The molecule has 0 radical (unpaired) electrons. The first-order valence-electron chi connectivity index (χ1n) is 7.22. The third kappa shape index (κ3) is 4.95. The van der Waals surface area contributed by atoms with E-state index < -0.39 is 17.9 Å². The second-order valence-electron chi connectivity index (χ2n) is 5.28. The predicted octanol–water partition coefficient (Wildman–Crippen LogP) is 3.05. The molecular weight excluding hydrogens is 300 g/mol. The highest BCUT2D eigenvalue weighted by molar-refractivity contribution is 5.98. The van der Waals surface area contributed by atoms with Crippen molar-refractivity contribution in [2.75, 3.05) is 0 Å². The van der Waals surface area contributed by atoms with Crippen LogP contribution >= 0.6 is 0 Å². The Labute approximate surface area is 134 Å². The quantitative estimate of drug-likeness (QED) is 0.501. The van der Waals surface area contributed by atoms with Gasteiger partial charge in [-0.1, -0.05) is 12.2 Å². The lowest BCUT2D eigenvalue weighted by molar-refractivity contribution is -0.137. The van der Waals surface area contributed by atoms with E-state index in [2.05, 4.69) is 0 Å². The maximum Gasteiger partial charge on any atom is 0.336 e. The second-order valence-corrected chi connectivity index (χ2v) is 5.28. The Kier molecular flexibility index (Phi) is 6.50. The SMILES string of the molecule is Cc1c(C/C=C\CCCC(=O)O)cc(C(=O)O)c(C)c1C(=O)O. The molecule has 0 aliphatic heterocycles. The first kappa shape index (κ1) is 18.4. The molecule has 0 aromatic heterocycles. The maximum absolute atomic E-state index is 11.4. The van der Waals surface area contributed by atoms with Crippen molar-refractivity contribution < 1.29 is 29.7 Å². The van der Waals surface area contributed by atoms with Crippen molar-refractivity contribution >= 4 is 17.9 Å². The van der Waals surface area contributed by atoms with Gasteiger partial charge in [-0.25, -0.2) is 9.59 Å². The van der Waals surface area contributed by atoms with Gasteiger partial charge < -0.3 is 15.3 Å². The van der Waals surface area contributed by atoms with Gasteiger partial charge in [0.2, 0.25) is 0 Å². The summed E-state index contributed by atoms with van der Waals surface area (Å²) in [7, 11) is 0. The van der Waals surface area contributed by atoms with Gasteiger partial charge in [0, 0.05) is 6.42 Å². The van der Waals surface area contributed by atoms with Gasteiger partial charge in [-0.3, -0.25) is 4.79 Å². The molecule has 0 spiro atoms. The number of aromatic carboxylic acids is 2. The van der Waals surface area contributed by atoms with Crippen LogP contribution in [0.25, 0.3) is 0 Å². The number of benzene rings is 1. The van der Waals surface area contributed by atoms with Gasteiger partial charge in [0.1, 0.15) is 0 Å². The van der Waals surface area contributed by atoms with E-state index in [1.807, 2.05) is 6.08 Å². The van der Waals surface area contributed by atoms with E-state index in [1.54, 1.807) is 13.0 Å². The normalized spacial score (nSPS) is 10.9. The number of carboxylic acid groups (broad SMARTS) is 3. The van der Waals surface area contributed by atoms with Crippen LogP contribution < -0.4 is 0 Å². The number of allylic oxidation sites excluding steroid dienone is 2. The van der Waals surface area contributed by atoms with Crippen molar-refractivity contribution in [2.45, 2.75) is 39.5 Å². The van der Waals surface area contributed by atoms with Crippen molar-refractivity contribution in [1.82, 2.24) is 0 Å². The van der Waals surface area contributed by atoms with Crippen LogP contribution in [0.3, 0.4) is 0 Å². The highest BCUT2D eigenvalue weighted by atomic mass is 16.4. The summed E-state index contributed by atoms with van der Waals surface area (Å²) in [4.78, 5) is 33.1. The Balaban J connectivity index is 2.98. The molecule has 0 saturated carbocycles. The molecule has 0 atom stereocenters. The lowest BCUT2D eigenvalue weighted by Gasteiger charge is -2.13. The van der Waals surface area contributed by atoms with Crippen molar-refractivity contribution in [2.24, 2.45) is 0 Å². The highest BCUT2D eigenvalue weighted by Crippen LogP contribution is 2.23. The van der Waals surface area contributed by atoms with Crippen molar-refractivity contribution in [3.63, 3.8) is 0 Å². The molecule has 124 valence electrons. The zero-order chi connectivity index (χ0) is 17.6. The van der Waals surface area contributed by atoms with E-state index in [0.717, 1.165) is 0 Å². The van der Waals surface area contributed by atoms with Crippen molar-refractivity contribution in [3.05, 3.63) is 46.0 Å². The Hall–Kier alpha value is -2.63. The summed E-state index contributed by atoms with van der Waals surface area (Å²) in [6, 6.07) is 1.50. The van der Waals surface area contributed by atoms with Crippen LogP contribution in [-0.4, -0.2) is 33.2 Å². The number of carbonyl (C=O) groups is 3. The van der Waals surface area contributed by atoms with E-state index in [9.17, 15) is 24.6 Å². The molecule has 0 bridgehead atoms. The van der Waals surface area contributed by atoms with E-state index in [1.165, 1.54) is 13.0 Å². The largest absolute Gasteiger partial charge is 0.481 e. The second kappa shape index (κ2) is 8.12. The lowest BCUT2D eigenvalue weighted by Crippen LogP contribution is -2.11. The Morgan fingerprint density at radius 2 is 1.65 bits per heavy atom. The summed E-state index contributed by atoms with van der Waals surface area (Å²) in [5.74, 6) is -3.14. The monoisotopic (exact) mass is 320 g/mol. The number of carboxylic acids is 3. The Morgan fingerprint density at radius 3 is 2.17 bits per heavy atom. The Bertz CT molecular complexity index is 658. The Morgan fingerprint density at radius 1 is 1.00 bits per heavy atom. The van der Waals surface area contributed by atoms with Crippen LogP contribution in [0.1, 0.15) is 56.7 Å². The molecule has 23 heavy (non-hydrogen) atoms. The lowest BCUT2D eigenvalue weighted by atomic mass is 9.91. The van der Waals surface area contributed by atoms with Gasteiger partial charge in [-0.05, 0) is 55.9 Å². The third-order valence-corrected chi connectivity index (χ3v) is 3.66. The summed E-state index contributed by atoms with van der Waals surface area (Å²) in [6.07, 6.45) is 5.26. The molecule has 0 unspecified atom stereocenters. The fourth-order valence-electron chi connectivity index (χ4n) is 2.42. The van der Waals surface area contributed by atoms with Crippen LogP contribution in [0, 0.1) is 13.8 Å². The number of unbranched alkanes of at least 4 members (excludes halogenated alkanes) is 1. The van der Waals surface area contributed by atoms with Crippen molar-refractivity contribution in [1.29, 1.82) is 0 Å². The predicted molar refractivity (Wildman–Crippen MR) is 84.2 cm³/mol. The summed E-state index contributed by atoms with van der Waals surface area (Å²) in [5.41, 5.74) is 1.45. The highest BCUT2D eigenvalue weighted by Gasteiger charge is 2.20. The van der Waals surface area contributed by atoms with E-state index >= 15 is 0 Å². The first-order chi connectivity index (χ1) is 10.8. The smallest absolute Gasteiger partial charge is 0.336 e. The topological polar surface area (TPSA) is 112 Å². The summed E-state index contributed by atoms with van der Waals surface area (Å²) >= 11 is 0. The van der Waals surface area contributed by atoms with Crippen LogP contribution in [0.4, 0.5) is 0 Å². The summed E-state index contributed by atoms with van der Waals surface area (Å²) < 4.78 is 0. The average Bonchev–Trinajstić information content (AvgIpc) is 2.43. The molecule has 0 aliphatic carbocycles. The molecule has 1 rings (SSSR count). The minimum absolute atomic E-state index is 0.0118. The molecule has 0 amide bonds. The van der Waals surface area contributed by atoms with E-state index in [4.69, 9.17) is 5.11 Å². The van der Waals surface area contributed by atoms with E-state index in [0.29, 0.717) is 30.4 Å². The van der Waals surface area contributed by atoms with Gasteiger partial charge in [-0.2, -0.15) is 0 Å². The van der Waals surface area contributed by atoms with Gasteiger partial charge >= 0.3 is 17.9 Å². The van der Waals surface area contributed by atoms with Crippen LogP contribution in [0.15, 0.2) is 18.2 Å². The molecule has 0 fully saturated rings. The zero-order valence-corrected chi connectivity index (χ0v) is 13.1. The van der Waals surface area contributed by atoms with Gasteiger partial charge in [0.05, 0.1) is 11.1 Å². The summed E-state index contributed by atoms with van der Waals surface area (Å²) in [6.45, 7) is 3.15. The average molecular weight is 320 g/mol. The first-order valence-corrected chi connectivity index (χ1v) is 7.22. The molecule has 0 aliphatic rings. The fraction of sp³-hybridized carbons (Fsp3) is 0.353.